The summed E-state index contributed by atoms with van der Waals surface area (Å²) >= 11 is 0. The Labute approximate surface area is 235 Å². The molecule has 17 heteroatoms. The fraction of sp³-hybridized carbons (Fsp3) is 0.583. The van der Waals surface area contributed by atoms with Gasteiger partial charge in [-0.05, 0) is 51.4 Å². The van der Waals surface area contributed by atoms with Crippen LogP contribution in [0.1, 0.15) is 37.9 Å². The van der Waals surface area contributed by atoms with Gasteiger partial charge in [-0.1, -0.05) is 6.07 Å². The third kappa shape index (κ3) is 6.25. The molecule has 2 aliphatic heterocycles. The molecule has 1 atom stereocenters. The minimum atomic E-state index is -4.79. The van der Waals surface area contributed by atoms with Crippen molar-refractivity contribution >= 4 is 31.7 Å². The van der Waals surface area contributed by atoms with Gasteiger partial charge in [-0.25, -0.2) is 21.6 Å². The number of ether oxygens (including phenoxy) is 3. The standard InChI is InChI=1S/C24H31F3N4O8S2/c1-23(2,24(25,26)27)39-20(32)13-15-7-8-19-18(12-15)31(14-16(38-19)9-11-40(33,34)28-3)41(35,36)21-17-6-5-10-30(17)29-22(21)37-4/h7-8,12,16,28H,5-6,9-11,13-14H2,1-4H3/t16-/m0/s1. The van der Waals surface area contributed by atoms with Crippen LogP contribution >= 0.6 is 0 Å². The number of anilines is 1. The molecule has 3 heterocycles. The number of aromatic nitrogens is 2. The Bertz CT molecular complexity index is 1540. The van der Waals surface area contributed by atoms with Gasteiger partial charge in [0.1, 0.15) is 11.9 Å². The highest BCUT2D eigenvalue weighted by Gasteiger charge is 2.50. The zero-order valence-corrected chi connectivity index (χ0v) is 24.5. The van der Waals surface area contributed by atoms with Crippen LogP contribution in [0.25, 0.3) is 0 Å². The molecule has 41 heavy (non-hydrogen) atoms. The number of sulfonamides is 2. The lowest BCUT2D eigenvalue weighted by atomic mass is 10.1. The fourth-order valence-corrected chi connectivity index (χ4v) is 7.17. The Morgan fingerprint density at radius 2 is 1.93 bits per heavy atom. The van der Waals surface area contributed by atoms with Crippen molar-refractivity contribution < 1.29 is 49.0 Å². The van der Waals surface area contributed by atoms with Crippen molar-refractivity contribution in [2.45, 2.75) is 68.9 Å². The van der Waals surface area contributed by atoms with E-state index in [4.69, 9.17) is 9.47 Å². The first-order valence-corrected chi connectivity index (χ1v) is 15.7. The Morgan fingerprint density at radius 3 is 2.56 bits per heavy atom. The van der Waals surface area contributed by atoms with E-state index in [-0.39, 0.29) is 46.5 Å². The summed E-state index contributed by atoms with van der Waals surface area (Å²) in [7, 11) is -5.43. The van der Waals surface area contributed by atoms with Gasteiger partial charge in [0.05, 0.1) is 37.2 Å². The Kier molecular flexibility index (Phi) is 8.27. The molecule has 0 spiro atoms. The van der Waals surface area contributed by atoms with Gasteiger partial charge in [0.2, 0.25) is 15.6 Å². The number of fused-ring (bicyclic) bond motifs is 2. The van der Waals surface area contributed by atoms with Crippen LogP contribution in [0.2, 0.25) is 0 Å². The van der Waals surface area contributed by atoms with Crippen LogP contribution in [0.15, 0.2) is 23.1 Å². The van der Waals surface area contributed by atoms with Gasteiger partial charge in [0.15, 0.2) is 4.90 Å². The molecule has 0 radical (unpaired) electrons. The molecule has 1 aromatic heterocycles. The number of carbonyl (C=O) groups excluding carboxylic acids is 1. The van der Waals surface area contributed by atoms with E-state index in [1.807, 2.05) is 0 Å². The molecule has 0 saturated heterocycles. The molecule has 1 aromatic carbocycles. The summed E-state index contributed by atoms with van der Waals surface area (Å²) in [5.41, 5.74) is -2.06. The Hall–Kier alpha value is -3.05. The molecule has 2 aromatic rings. The Morgan fingerprint density at radius 1 is 1.22 bits per heavy atom. The van der Waals surface area contributed by atoms with Crippen molar-refractivity contribution in [3.05, 3.63) is 29.5 Å². The van der Waals surface area contributed by atoms with Crippen LogP contribution in [0.3, 0.4) is 0 Å². The molecule has 0 saturated carbocycles. The summed E-state index contributed by atoms with van der Waals surface area (Å²) in [4.78, 5) is 12.3. The smallest absolute Gasteiger partial charge is 0.427 e. The zero-order valence-electron chi connectivity index (χ0n) is 22.8. The highest BCUT2D eigenvalue weighted by molar-refractivity contribution is 7.93. The largest absolute Gasteiger partial charge is 0.486 e. The SMILES string of the molecule is CNS(=O)(=O)CC[C@H]1CN(S(=O)(=O)c2c(OC)nn3c2CCC3)c2cc(CC(=O)OC(C)(C)C(F)(F)F)ccc2O1. The molecular weight excluding hydrogens is 593 g/mol. The number of nitrogens with zero attached hydrogens (tertiary/aromatic N) is 3. The van der Waals surface area contributed by atoms with Gasteiger partial charge in [-0.3, -0.25) is 13.8 Å². The number of nitrogens with one attached hydrogen (secondary N) is 1. The number of alkyl halides is 3. The fourth-order valence-electron chi connectivity index (χ4n) is 4.56. The van der Waals surface area contributed by atoms with Crippen LogP contribution in [-0.2, 0) is 49.0 Å². The van der Waals surface area contributed by atoms with Gasteiger partial charge in [0, 0.05) is 13.0 Å². The minimum Gasteiger partial charge on any atom is -0.486 e. The van der Waals surface area contributed by atoms with Gasteiger partial charge >= 0.3 is 12.1 Å². The van der Waals surface area contributed by atoms with E-state index in [2.05, 4.69) is 14.6 Å². The van der Waals surface area contributed by atoms with Crippen molar-refractivity contribution in [2.75, 3.05) is 30.8 Å². The number of methoxy groups -OCH3 is 1. The maximum absolute atomic E-state index is 14.2. The van der Waals surface area contributed by atoms with E-state index < -0.39 is 50.3 Å². The topological polar surface area (TPSA) is 146 Å². The summed E-state index contributed by atoms with van der Waals surface area (Å²) < 4.78 is 113. The van der Waals surface area contributed by atoms with Crippen LogP contribution in [-0.4, -0.2) is 76.9 Å². The number of aryl methyl sites for hydroxylation is 1. The molecule has 0 amide bonds. The second-order valence-corrected chi connectivity index (χ2v) is 14.0. The van der Waals surface area contributed by atoms with Crippen LogP contribution in [0, 0.1) is 0 Å². The third-order valence-corrected chi connectivity index (χ3v) is 10.1. The molecular formula is C24H31F3N4O8S2. The average Bonchev–Trinajstić information content (AvgIpc) is 3.47. The van der Waals surface area contributed by atoms with Crippen molar-refractivity contribution in [1.82, 2.24) is 14.5 Å². The molecule has 4 rings (SSSR count). The van der Waals surface area contributed by atoms with E-state index in [1.165, 1.54) is 32.4 Å². The second-order valence-electron chi connectivity index (χ2n) is 10.2. The highest BCUT2D eigenvalue weighted by atomic mass is 32.2. The molecule has 2 aliphatic rings. The van der Waals surface area contributed by atoms with E-state index in [0.29, 0.717) is 25.1 Å². The van der Waals surface area contributed by atoms with Crippen LogP contribution < -0.4 is 18.5 Å². The molecule has 1 N–H and O–H groups in total. The number of rotatable bonds is 10. The number of hydrogen-bond acceptors (Lipinski definition) is 9. The molecule has 0 unspecified atom stereocenters. The summed E-state index contributed by atoms with van der Waals surface area (Å²) in [6.45, 7) is 1.68. The Balaban J connectivity index is 1.72. The summed E-state index contributed by atoms with van der Waals surface area (Å²) in [6, 6.07) is 4.11. The summed E-state index contributed by atoms with van der Waals surface area (Å²) in [5.74, 6) is -1.51. The summed E-state index contributed by atoms with van der Waals surface area (Å²) in [6.07, 6.45) is -5.15. The molecule has 0 aliphatic carbocycles. The maximum atomic E-state index is 14.2. The monoisotopic (exact) mass is 624 g/mol. The first-order chi connectivity index (χ1) is 19.0. The number of carbonyl (C=O) groups is 1. The molecule has 0 fully saturated rings. The van der Waals surface area contributed by atoms with Gasteiger partial charge in [-0.2, -0.15) is 13.2 Å². The van der Waals surface area contributed by atoms with E-state index in [1.54, 1.807) is 4.68 Å². The number of hydrogen-bond donors (Lipinski definition) is 1. The predicted octanol–water partition coefficient (Wildman–Crippen LogP) is 2.16. The summed E-state index contributed by atoms with van der Waals surface area (Å²) in [5, 5.41) is 4.25. The van der Waals surface area contributed by atoms with Crippen molar-refractivity contribution in [3.8, 4) is 11.6 Å². The molecule has 0 bridgehead atoms. The van der Waals surface area contributed by atoms with Gasteiger partial charge in [0.25, 0.3) is 15.9 Å². The molecule has 12 nitrogen and oxygen atoms in total. The maximum Gasteiger partial charge on any atom is 0.427 e. The van der Waals surface area contributed by atoms with Crippen LogP contribution in [0.5, 0.6) is 11.6 Å². The van der Waals surface area contributed by atoms with Gasteiger partial charge in [-0.15, -0.1) is 5.10 Å². The van der Waals surface area contributed by atoms with Crippen molar-refractivity contribution in [2.24, 2.45) is 0 Å². The first-order valence-electron chi connectivity index (χ1n) is 12.6. The predicted molar refractivity (Wildman–Crippen MR) is 140 cm³/mol. The van der Waals surface area contributed by atoms with Crippen molar-refractivity contribution in [3.63, 3.8) is 0 Å². The lowest BCUT2D eigenvalue weighted by Crippen LogP contribution is -2.45. The number of esters is 1. The number of halogens is 3. The van der Waals surface area contributed by atoms with E-state index >= 15 is 0 Å². The zero-order chi connectivity index (χ0) is 30.4. The first kappa shape index (κ1) is 30.9. The van der Waals surface area contributed by atoms with Gasteiger partial charge < -0.3 is 14.2 Å². The lowest BCUT2D eigenvalue weighted by Gasteiger charge is -2.36. The molecule has 228 valence electrons. The third-order valence-electron chi connectivity index (χ3n) is 6.88. The van der Waals surface area contributed by atoms with E-state index in [9.17, 15) is 34.8 Å². The minimum absolute atomic E-state index is 0.0260. The highest BCUT2D eigenvalue weighted by Crippen LogP contribution is 2.42. The number of benzene rings is 1. The average molecular weight is 625 g/mol. The second kappa shape index (κ2) is 11.0. The van der Waals surface area contributed by atoms with E-state index in [0.717, 1.165) is 18.2 Å². The normalized spacial score (nSPS) is 17.5. The van der Waals surface area contributed by atoms with Crippen molar-refractivity contribution in [1.29, 1.82) is 0 Å². The van der Waals surface area contributed by atoms with Crippen LogP contribution in [0.4, 0.5) is 18.9 Å². The lowest BCUT2D eigenvalue weighted by molar-refractivity contribution is -0.257. The quantitative estimate of drug-likeness (QED) is 0.393.